The second-order valence-electron chi connectivity index (χ2n) is 5.85. The highest BCUT2D eigenvalue weighted by atomic mass is 79.9. The summed E-state index contributed by atoms with van der Waals surface area (Å²) in [7, 11) is 0. The van der Waals surface area contributed by atoms with Crippen LogP contribution in [0.1, 0.15) is 58.3 Å². The number of carbonyl (C=O) groups is 2. The molecule has 0 heterocycles. The molecule has 0 aliphatic heterocycles. The normalized spacial score (nSPS) is 10.8. The Morgan fingerprint density at radius 1 is 0.880 bits per heavy atom. The summed E-state index contributed by atoms with van der Waals surface area (Å²) in [6, 6.07) is 6.86. The van der Waals surface area contributed by atoms with E-state index in [0.29, 0.717) is 12.4 Å². The summed E-state index contributed by atoms with van der Waals surface area (Å²) in [6.07, 6.45) is 11.7. The van der Waals surface area contributed by atoms with Crippen molar-refractivity contribution < 1.29 is 19.1 Å². The minimum absolute atomic E-state index is 0.389. The molecule has 0 bridgehead atoms. The minimum Gasteiger partial charge on any atom is -0.463 e. The van der Waals surface area contributed by atoms with Gasteiger partial charge in [-0.1, -0.05) is 67.8 Å². The van der Waals surface area contributed by atoms with Gasteiger partial charge in [-0.3, -0.25) is 0 Å². The maximum absolute atomic E-state index is 11.6. The highest BCUT2D eigenvalue weighted by molar-refractivity contribution is 9.10. The third kappa shape index (κ3) is 11.5. The summed E-state index contributed by atoms with van der Waals surface area (Å²) in [5.74, 6) is -0.702. The third-order valence-corrected chi connectivity index (χ3v) is 4.16. The van der Waals surface area contributed by atoms with Crippen molar-refractivity contribution in [3.8, 4) is 5.75 Å². The Hall–Kier alpha value is -1.62. The van der Waals surface area contributed by atoms with E-state index in [-0.39, 0.29) is 0 Å². The average Bonchev–Trinajstić information content (AvgIpc) is 2.60. The molecular formula is C20H27BrO4. The van der Waals surface area contributed by atoms with E-state index >= 15 is 0 Å². The molecule has 0 saturated carbocycles. The zero-order chi connectivity index (χ0) is 18.3. The van der Waals surface area contributed by atoms with Gasteiger partial charge in [-0.15, -0.1) is 0 Å². The number of hydrogen-bond donors (Lipinski definition) is 0. The van der Waals surface area contributed by atoms with E-state index in [0.717, 1.165) is 29.5 Å². The zero-order valence-electron chi connectivity index (χ0n) is 14.8. The summed E-state index contributed by atoms with van der Waals surface area (Å²) < 4.78 is 11.0. The highest BCUT2D eigenvalue weighted by Crippen LogP contribution is 2.16. The summed E-state index contributed by atoms with van der Waals surface area (Å²) in [6.45, 7) is 2.60. The lowest BCUT2D eigenvalue weighted by Gasteiger charge is -2.03. The molecule has 1 aromatic rings. The summed E-state index contributed by atoms with van der Waals surface area (Å²) >= 11 is 3.30. The molecule has 0 N–H and O–H groups in total. The maximum atomic E-state index is 11.6. The minimum atomic E-state index is -0.605. The van der Waals surface area contributed by atoms with Crippen LogP contribution in [0.3, 0.4) is 0 Å². The molecule has 0 unspecified atom stereocenters. The number of rotatable bonds is 12. The molecule has 0 saturated heterocycles. The van der Waals surface area contributed by atoms with E-state index < -0.39 is 11.9 Å². The Morgan fingerprint density at radius 3 is 2.08 bits per heavy atom. The van der Waals surface area contributed by atoms with Gasteiger partial charge in [-0.25, -0.2) is 9.59 Å². The Labute approximate surface area is 158 Å². The first-order valence-corrected chi connectivity index (χ1v) is 9.73. The SMILES string of the molecule is CCCCCCCCCCOC(=O)/C=C/C(=O)Oc1ccc(Br)cc1. The van der Waals surface area contributed by atoms with Gasteiger partial charge in [0.2, 0.25) is 0 Å². The Bertz CT molecular complexity index is 537. The maximum Gasteiger partial charge on any atom is 0.336 e. The first-order valence-electron chi connectivity index (χ1n) is 8.94. The lowest BCUT2D eigenvalue weighted by molar-refractivity contribution is -0.138. The zero-order valence-corrected chi connectivity index (χ0v) is 16.4. The third-order valence-electron chi connectivity index (χ3n) is 3.63. The molecule has 4 nitrogen and oxygen atoms in total. The smallest absolute Gasteiger partial charge is 0.336 e. The first-order chi connectivity index (χ1) is 12.1. The molecule has 1 aromatic carbocycles. The molecular weight excluding hydrogens is 384 g/mol. The number of benzene rings is 1. The van der Waals surface area contributed by atoms with Gasteiger partial charge in [-0.05, 0) is 30.7 Å². The average molecular weight is 411 g/mol. The predicted molar refractivity (Wildman–Crippen MR) is 102 cm³/mol. The van der Waals surface area contributed by atoms with Crippen molar-refractivity contribution in [1.29, 1.82) is 0 Å². The fourth-order valence-electron chi connectivity index (χ4n) is 2.25. The molecule has 0 radical (unpaired) electrons. The second-order valence-corrected chi connectivity index (χ2v) is 6.77. The number of ether oxygens (including phenoxy) is 2. The Kier molecular flexibility index (Phi) is 11.7. The lowest BCUT2D eigenvalue weighted by Crippen LogP contribution is -2.07. The molecule has 5 heteroatoms. The Morgan fingerprint density at radius 2 is 1.44 bits per heavy atom. The van der Waals surface area contributed by atoms with Gasteiger partial charge < -0.3 is 9.47 Å². The first kappa shape index (κ1) is 21.4. The molecule has 138 valence electrons. The van der Waals surface area contributed by atoms with Crippen LogP contribution < -0.4 is 4.74 Å². The van der Waals surface area contributed by atoms with Gasteiger partial charge in [0.1, 0.15) is 5.75 Å². The van der Waals surface area contributed by atoms with Crippen LogP contribution in [0.4, 0.5) is 0 Å². The second kappa shape index (κ2) is 13.6. The number of esters is 2. The topological polar surface area (TPSA) is 52.6 Å². The fourth-order valence-corrected chi connectivity index (χ4v) is 2.51. The largest absolute Gasteiger partial charge is 0.463 e. The van der Waals surface area contributed by atoms with E-state index in [4.69, 9.17) is 9.47 Å². The number of hydrogen-bond acceptors (Lipinski definition) is 4. The molecule has 0 aliphatic carbocycles. The van der Waals surface area contributed by atoms with Crippen LogP contribution in [0.25, 0.3) is 0 Å². The van der Waals surface area contributed by atoms with Gasteiger partial charge in [-0.2, -0.15) is 0 Å². The fraction of sp³-hybridized carbons (Fsp3) is 0.500. The molecule has 0 atom stereocenters. The lowest BCUT2D eigenvalue weighted by atomic mass is 10.1. The number of halogens is 1. The van der Waals surface area contributed by atoms with Crippen molar-refractivity contribution >= 4 is 27.9 Å². The van der Waals surface area contributed by atoms with Crippen molar-refractivity contribution in [2.45, 2.75) is 58.3 Å². The van der Waals surface area contributed by atoms with Crippen molar-refractivity contribution in [1.82, 2.24) is 0 Å². The molecule has 0 aromatic heterocycles. The molecule has 0 fully saturated rings. The molecule has 1 rings (SSSR count). The van der Waals surface area contributed by atoms with Crippen molar-refractivity contribution in [2.75, 3.05) is 6.61 Å². The van der Waals surface area contributed by atoms with Gasteiger partial charge in [0.15, 0.2) is 0 Å². The van der Waals surface area contributed by atoms with Gasteiger partial charge in [0, 0.05) is 16.6 Å². The van der Waals surface area contributed by atoms with Crippen LogP contribution in [0.2, 0.25) is 0 Å². The van der Waals surface area contributed by atoms with Crippen LogP contribution in [-0.4, -0.2) is 18.5 Å². The van der Waals surface area contributed by atoms with E-state index in [1.165, 1.54) is 38.5 Å². The Balaban J connectivity index is 2.08. The van der Waals surface area contributed by atoms with Crippen LogP contribution in [0.5, 0.6) is 5.75 Å². The summed E-state index contributed by atoms with van der Waals surface area (Å²) in [5.41, 5.74) is 0. The van der Waals surface area contributed by atoms with Crippen molar-refractivity contribution in [2.24, 2.45) is 0 Å². The van der Waals surface area contributed by atoms with E-state index in [1.54, 1.807) is 24.3 Å². The van der Waals surface area contributed by atoms with E-state index in [9.17, 15) is 9.59 Å². The summed E-state index contributed by atoms with van der Waals surface area (Å²) in [5, 5.41) is 0. The molecule has 0 spiro atoms. The van der Waals surface area contributed by atoms with Gasteiger partial charge in [0.25, 0.3) is 0 Å². The van der Waals surface area contributed by atoms with E-state index in [2.05, 4.69) is 22.9 Å². The molecule has 25 heavy (non-hydrogen) atoms. The van der Waals surface area contributed by atoms with Crippen LogP contribution in [-0.2, 0) is 14.3 Å². The van der Waals surface area contributed by atoms with Crippen LogP contribution >= 0.6 is 15.9 Å². The van der Waals surface area contributed by atoms with Gasteiger partial charge >= 0.3 is 11.9 Å². The van der Waals surface area contributed by atoms with Crippen molar-refractivity contribution in [3.63, 3.8) is 0 Å². The monoisotopic (exact) mass is 410 g/mol. The highest BCUT2D eigenvalue weighted by Gasteiger charge is 2.03. The predicted octanol–water partition coefficient (Wildman–Crippen LogP) is 5.59. The summed E-state index contributed by atoms with van der Waals surface area (Å²) in [4.78, 5) is 23.1. The number of unbranched alkanes of at least 4 members (excludes halogenated alkanes) is 7. The van der Waals surface area contributed by atoms with E-state index in [1.807, 2.05) is 0 Å². The quantitative estimate of drug-likeness (QED) is 0.195. The van der Waals surface area contributed by atoms with Gasteiger partial charge in [0.05, 0.1) is 6.61 Å². The van der Waals surface area contributed by atoms with Crippen LogP contribution in [0, 0.1) is 0 Å². The molecule has 0 aliphatic rings. The standard InChI is InChI=1S/C20H27BrO4/c1-2-3-4-5-6-7-8-9-16-24-19(22)14-15-20(23)25-18-12-10-17(21)11-13-18/h10-15H,2-9,16H2,1H3/b15-14+. The van der Waals surface area contributed by atoms with Crippen LogP contribution in [0.15, 0.2) is 40.9 Å². The molecule has 0 amide bonds. The van der Waals surface area contributed by atoms with Crippen molar-refractivity contribution in [3.05, 3.63) is 40.9 Å². The number of carbonyl (C=O) groups excluding carboxylic acids is 2.